The highest BCUT2D eigenvalue weighted by Crippen LogP contribution is 2.29. The Hall–Kier alpha value is -2.13. The number of ketones is 1. The normalized spacial score (nSPS) is 13.6. The van der Waals surface area contributed by atoms with E-state index in [1.165, 1.54) is 5.56 Å². The van der Waals surface area contributed by atoms with Gasteiger partial charge in [0, 0.05) is 36.5 Å². The average molecular weight is 384 g/mol. The van der Waals surface area contributed by atoms with Gasteiger partial charge in [0.05, 0.1) is 0 Å². The maximum Gasteiger partial charge on any atom is 0.227 e. The van der Waals surface area contributed by atoms with Gasteiger partial charge >= 0.3 is 0 Å². The highest BCUT2D eigenvalue weighted by atomic mass is 35.5. The molecule has 0 saturated carbocycles. The third-order valence-corrected chi connectivity index (χ3v) is 5.11. The Morgan fingerprint density at radius 2 is 1.70 bits per heavy atom. The van der Waals surface area contributed by atoms with Crippen molar-refractivity contribution in [2.75, 3.05) is 11.4 Å². The smallest absolute Gasteiger partial charge is 0.227 e. The first-order chi connectivity index (χ1) is 12.9. The molecule has 1 aliphatic rings. The van der Waals surface area contributed by atoms with Gasteiger partial charge in [-0.05, 0) is 53.6 Å². The molecule has 2 aromatic rings. The van der Waals surface area contributed by atoms with Crippen molar-refractivity contribution in [3.63, 3.8) is 0 Å². The molecule has 142 valence electrons. The molecule has 3 rings (SSSR count). The molecule has 0 atom stereocenters. The molecule has 0 aliphatic carbocycles. The standard InChI is InChI=1S/C23H26ClNO2/c1-16(2)12-23(27)25-11-3-4-19-13-18(7-10-22(19)25)15-21(26)14-17-5-8-20(24)9-6-17/h5-10,13,16H,3-4,11-12,14-15H2,1-2H3. The lowest BCUT2D eigenvalue weighted by molar-refractivity contribution is -0.119. The van der Waals surface area contributed by atoms with E-state index in [0.29, 0.717) is 30.2 Å². The lowest BCUT2D eigenvalue weighted by Gasteiger charge is -2.30. The van der Waals surface area contributed by atoms with Crippen LogP contribution in [0.25, 0.3) is 0 Å². The van der Waals surface area contributed by atoms with Crippen LogP contribution in [0.1, 0.15) is 43.4 Å². The molecule has 1 amide bonds. The maximum absolute atomic E-state index is 12.5. The van der Waals surface area contributed by atoms with Gasteiger partial charge in [-0.2, -0.15) is 0 Å². The first-order valence-electron chi connectivity index (χ1n) is 9.60. The van der Waals surface area contributed by atoms with Gasteiger partial charge in [-0.25, -0.2) is 0 Å². The van der Waals surface area contributed by atoms with Gasteiger partial charge < -0.3 is 4.90 Å². The quantitative estimate of drug-likeness (QED) is 0.702. The van der Waals surface area contributed by atoms with E-state index in [4.69, 9.17) is 11.6 Å². The van der Waals surface area contributed by atoms with Crippen LogP contribution in [0.15, 0.2) is 42.5 Å². The largest absolute Gasteiger partial charge is 0.312 e. The van der Waals surface area contributed by atoms with Crippen LogP contribution in [0.3, 0.4) is 0 Å². The second kappa shape index (κ2) is 8.71. The summed E-state index contributed by atoms with van der Waals surface area (Å²) in [7, 11) is 0. The third kappa shape index (κ3) is 5.20. The number of anilines is 1. The fourth-order valence-electron chi connectivity index (χ4n) is 3.60. The number of halogens is 1. The number of Topliss-reactive ketones (excluding diaryl/α,β-unsaturated/α-hetero) is 1. The zero-order chi connectivity index (χ0) is 19.4. The molecule has 0 N–H and O–H groups in total. The van der Waals surface area contributed by atoms with Crippen molar-refractivity contribution < 1.29 is 9.59 Å². The van der Waals surface area contributed by atoms with E-state index < -0.39 is 0 Å². The van der Waals surface area contributed by atoms with E-state index in [2.05, 4.69) is 19.9 Å². The number of rotatable bonds is 6. The monoisotopic (exact) mass is 383 g/mol. The summed E-state index contributed by atoms with van der Waals surface area (Å²) in [6.45, 7) is 4.92. The van der Waals surface area contributed by atoms with Crippen LogP contribution in [0.4, 0.5) is 5.69 Å². The Bertz CT molecular complexity index is 827. The third-order valence-electron chi connectivity index (χ3n) is 4.86. The summed E-state index contributed by atoms with van der Waals surface area (Å²) in [6.07, 6.45) is 3.32. The molecular formula is C23H26ClNO2. The zero-order valence-electron chi connectivity index (χ0n) is 16.0. The zero-order valence-corrected chi connectivity index (χ0v) is 16.8. The number of carbonyl (C=O) groups is 2. The van der Waals surface area contributed by atoms with Crippen LogP contribution < -0.4 is 4.90 Å². The fourth-order valence-corrected chi connectivity index (χ4v) is 3.73. The van der Waals surface area contributed by atoms with E-state index in [9.17, 15) is 9.59 Å². The Morgan fingerprint density at radius 1 is 1.04 bits per heavy atom. The van der Waals surface area contributed by atoms with E-state index in [-0.39, 0.29) is 11.7 Å². The van der Waals surface area contributed by atoms with Gasteiger partial charge in [0.15, 0.2) is 0 Å². The van der Waals surface area contributed by atoms with Crippen LogP contribution in [-0.2, 0) is 28.9 Å². The molecule has 2 aromatic carbocycles. The summed E-state index contributed by atoms with van der Waals surface area (Å²) in [5.41, 5.74) is 4.19. The second-order valence-corrected chi connectivity index (χ2v) is 8.17. The molecule has 3 nitrogen and oxygen atoms in total. The van der Waals surface area contributed by atoms with E-state index in [0.717, 1.165) is 36.2 Å². The molecule has 0 unspecified atom stereocenters. The molecule has 1 heterocycles. The summed E-state index contributed by atoms with van der Waals surface area (Å²) < 4.78 is 0. The Labute approximate surface area is 166 Å². The predicted molar refractivity (Wildman–Crippen MR) is 110 cm³/mol. The average Bonchev–Trinajstić information content (AvgIpc) is 2.62. The lowest BCUT2D eigenvalue weighted by Crippen LogP contribution is -2.36. The number of fused-ring (bicyclic) bond motifs is 1. The van der Waals surface area contributed by atoms with Crippen molar-refractivity contribution >= 4 is 29.0 Å². The number of nitrogens with zero attached hydrogens (tertiary/aromatic N) is 1. The van der Waals surface area contributed by atoms with Gasteiger partial charge in [0.25, 0.3) is 0 Å². The Morgan fingerprint density at radius 3 is 2.41 bits per heavy atom. The Balaban J connectivity index is 1.69. The van der Waals surface area contributed by atoms with Crippen molar-refractivity contribution in [3.8, 4) is 0 Å². The van der Waals surface area contributed by atoms with E-state index >= 15 is 0 Å². The minimum atomic E-state index is 0.181. The molecule has 0 saturated heterocycles. The number of hydrogen-bond acceptors (Lipinski definition) is 2. The SMILES string of the molecule is CC(C)CC(=O)N1CCCc2cc(CC(=O)Cc3ccc(Cl)cc3)ccc21. The number of benzene rings is 2. The van der Waals surface area contributed by atoms with Gasteiger partial charge in [-0.3, -0.25) is 9.59 Å². The molecule has 0 spiro atoms. The van der Waals surface area contributed by atoms with Crippen LogP contribution in [-0.4, -0.2) is 18.2 Å². The summed E-state index contributed by atoms with van der Waals surface area (Å²) in [5.74, 6) is 0.728. The van der Waals surface area contributed by atoms with Crippen molar-refractivity contribution in [3.05, 3.63) is 64.2 Å². The number of amides is 1. The topological polar surface area (TPSA) is 37.4 Å². The van der Waals surface area contributed by atoms with Crippen molar-refractivity contribution in [2.45, 2.75) is 46.0 Å². The van der Waals surface area contributed by atoms with E-state index in [1.807, 2.05) is 41.3 Å². The van der Waals surface area contributed by atoms with Gasteiger partial charge in [-0.1, -0.05) is 49.7 Å². The van der Waals surface area contributed by atoms with Crippen molar-refractivity contribution in [1.29, 1.82) is 0 Å². The molecule has 1 aliphatic heterocycles. The molecule has 4 heteroatoms. The lowest BCUT2D eigenvalue weighted by atomic mass is 9.95. The highest BCUT2D eigenvalue weighted by molar-refractivity contribution is 6.30. The minimum Gasteiger partial charge on any atom is -0.312 e. The molecule has 0 radical (unpaired) electrons. The predicted octanol–water partition coefficient (Wildman–Crippen LogP) is 5.02. The van der Waals surface area contributed by atoms with Crippen molar-refractivity contribution in [1.82, 2.24) is 0 Å². The fraction of sp³-hybridized carbons (Fsp3) is 0.391. The van der Waals surface area contributed by atoms with Crippen LogP contribution in [0.2, 0.25) is 5.02 Å². The van der Waals surface area contributed by atoms with Gasteiger partial charge in [-0.15, -0.1) is 0 Å². The van der Waals surface area contributed by atoms with Crippen LogP contribution >= 0.6 is 11.6 Å². The molecule has 0 fully saturated rings. The van der Waals surface area contributed by atoms with Gasteiger partial charge in [0.1, 0.15) is 5.78 Å². The first kappa shape index (κ1) is 19.6. The summed E-state index contributed by atoms with van der Waals surface area (Å²) in [5, 5.41) is 0.678. The second-order valence-electron chi connectivity index (χ2n) is 7.73. The molecular weight excluding hydrogens is 358 g/mol. The number of hydrogen-bond donors (Lipinski definition) is 0. The molecule has 0 bridgehead atoms. The maximum atomic E-state index is 12.5. The molecule has 0 aromatic heterocycles. The van der Waals surface area contributed by atoms with Crippen molar-refractivity contribution in [2.24, 2.45) is 5.92 Å². The van der Waals surface area contributed by atoms with Crippen LogP contribution in [0.5, 0.6) is 0 Å². The molecule has 27 heavy (non-hydrogen) atoms. The first-order valence-corrected chi connectivity index (χ1v) is 9.98. The number of aryl methyl sites for hydroxylation is 1. The summed E-state index contributed by atoms with van der Waals surface area (Å²) >= 11 is 5.89. The highest BCUT2D eigenvalue weighted by Gasteiger charge is 2.23. The Kier molecular flexibility index (Phi) is 6.33. The van der Waals surface area contributed by atoms with Gasteiger partial charge in [0.2, 0.25) is 5.91 Å². The summed E-state index contributed by atoms with van der Waals surface area (Å²) in [4.78, 5) is 26.9. The number of carbonyl (C=O) groups excluding carboxylic acids is 2. The minimum absolute atomic E-state index is 0.181. The van der Waals surface area contributed by atoms with E-state index in [1.54, 1.807) is 0 Å². The summed E-state index contributed by atoms with van der Waals surface area (Å²) in [6, 6.07) is 13.5. The van der Waals surface area contributed by atoms with Crippen LogP contribution in [0, 0.1) is 5.92 Å².